The number of anilines is 1. The van der Waals surface area contributed by atoms with Crippen molar-refractivity contribution in [1.29, 1.82) is 0 Å². The van der Waals surface area contributed by atoms with Gasteiger partial charge in [-0.1, -0.05) is 29.8 Å². The summed E-state index contributed by atoms with van der Waals surface area (Å²) >= 11 is 7.14. The third-order valence-corrected chi connectivity index (χ3v) is 4.74. The van der Waals surface area contributed by atoms with Crippen molar-refractivity contribution in [2.45, 2.75) is 13.0 Å². The maximum absolute atomic E-state index is 12.2. The minimum Gasteiger partial charge on any atom is -0.448 e. The molecule has 122 valence electrons. The molecule has 0 fully saturated rings. The van der Waals surface area contributed by atoms with Crippen LogP contribution in [0.5, 0.6) is 0 Å². The maximum Gasteiger partial charge on any atom is 0.349 e. The van der Waals surface area contributed by atoms with Crippen molar-refractivity contribution in [1.82, 2.24) is 0 Å². The van der Waals surface area contributed by atoms with Crippen LogP contribution < -0.4 is 5.32 Å². The number of fused-ring (bicyclic) bond motifs is 1. The molecule has 1 amide bonds. The topological polar surface area (TPSA) is 55.4 Å². The Kier molecular flexibility index (Phi) is 4.83. The van der Waals surface area contributed by atoms with Gasteiger partial charge in [0.05, 0.1) is 0 Å². The van der Waals surface area contributed by atoms with E-state index in [1.165, 1.54) is 18.3 Å². The van der Waals surface area contributed by atoms with Crippen LogP contribution in [0.4, 0.5) is 5.69 Å². The summed E-state index contributed by atoms with van der Waals surface area (Å²) in [6, 6.07) is 16.2. The van der Waals surface area contributed by atoms with E-state index in [1.54, 1.807) is 30.3 Å². The molecule has 24 heavy (non-hydrogen) atoms. The molecule has 0 aliphatic heterocycles. The summed E-state index contributed by atoms with van der Waals surface area (Å²) in [6.45, 7) is 1.54. The van der Waals surface area contributed by atoms with E-state index in [2.05, 4.69) is 5.32 Å². The van der Waals surface area contributed by atoms with Gasteiger partial charge in [-0.25, -0.2) is 4.79 Å². The Bertz CT molecular complexity index is 856. The van der Waals surface area contributed by atoms with Gasteiger partial charge >= 0.3 is 5.97 Å². The molecule has 1 N–H and O–H groups in total. The van der Waals surface area contributed by atoms with E-state index in [0.29, 0.717) is 15.6 Å². The van der Waals surface area contributed by atoms with Crippen LogP contribution in [0.25, 0.3) is 10.1 Å². The van der Waals surface area contributed by atoms with Crippen LogP contribution in [0, 0.1) is 0 Å². The van der Waals surface area contributed by atoms with Crippen LogP contribution in [-0.4, -0.2) is 18.0 Å². The number of carbonyl (C=O) groups excluding carboxylic acids is 2. The van der Waals surface area contributed by atoms with Gasteiger partial charge in [0.25, 0.3) is 5.91 Å². The second kappa shape index (κ2) is 7.03. The molecule has 3 aromatic rings. The Labute approximate surface area is 148 Å². The molecule has 0 spiro atoms. The van der Waals surface area contributed by atoms with Gasteiger partial charge in [0.15, 0.2) is 6.10 Å². The number of ether oxygens (including phenoxy) is 1. The van der Waals surface area contributed by atoms with E-state index in [9.17, 15) is 9.59 Å². The average Bonchev–Trinajstić information content (AvgIpc) is 3.01. The first-order valence-corrected chi connectivity index (χ1v) is 8.48. The van der Waals surface area contributed by atoms with Gasteiger partial charge in [-0.05, 0) is 48.7 Å². The van der Waals surface area contributed by atoms with Crippen LogP contribution in [0.3, 0.4) is 0 Å². The number of hydrogen-bond donors (Lipinski definition) is 1. The minimum atomic E-state index is -0.904. The lowest BCUT2D eigenvalue weighted by molar-refractivity contribution is -0.123. The van der Waals surface area contributed by atoms with Crippen LogP contribution in [0.2, 0.25) is 5.02 Å². The molecule has 0 unspecified atom stereocenters. The second-order valence-corrected chi connectivity index (χ2v) is 6.71. The zero-order valence-corrected chi connectivity index (χ0v) is 14.4. The van der Waals surface area contributed by atoms with Gasteiger partial charge in [-0.3, -0.25) is 4.79 Å². The number of hydrogen-bond acceptors (Lipinski definition) is 4. The lowest BCUT2D eigenvalue weighted by Crippen LogP contribution is -2.29. The number of benzene rings is 2. The second-order valence-electron chi connectivity index (χ2n) is 5.19. The van der Waals surface area contributed by atoms with Gasteiger partial charge in [0, 0.05) is 15.4 Å². The molecule has 4 nitrogen and oxygen atoms in total. The number of carbonyl (C=O) groups is 2. The van der Waals surface area contributed by atoms with Gasteiger partial charge in [0.2, 0.25) is 0 Å². The first-order chi connectivity index (χ1) is 11.5. The van der Waals surface area contributed by atoms with Crippen molar-refractivity contribution < 1.29 is 14.3 Å². The largest absolute Gasteiger partial charge is 0.448 e. The van der Waals surface area contributed by atoms with E-state index >= 15 is 0 Å². The third-order valence-electron chi connectivity index (χ3n) is 3.39. The van der Waals surface area contributed by atoms with E-state index in [4.69, 9.17) is 16.3 Å². The fourth-order valence-corrected chi connectivity index (χ4v) is 3.20. The molecule has 2 aromatic carbocycles. The van der Waals surface area contributed by atoms with E-state index in [0.717, 1.165) is 10.1 Å². The summed E-state index contributed by atoms with van der Waals surface area (Å²) in [5.41, 5.74) is 0.592. The highest BCUT2D eigenvalue weighted by Crippen LogP contribution is 2.26. The summed E-state index contributed by atoms with van der Waals surface area (Å²) in [6.07, 6.45) is -0.904. The smallest absolute Gasteiger partial charge is 0.349 e. The van der Waals surface area contributed by atoms with Crippen LogP contribution in [0.1, 0.15) is 16.6 Å². The first kappa shape index (κ1) is 16.5. The van der Waals surface area contributed by atoms with Crippen molar-refractivity contribution in [2.24, 2.45) is 0 Å². The first-order valence-electron chi connectivity index (χ1n) is 7.29. The molecule has 1 atom stereocenters. The fourth-order valence-electron chi connectivity index (χ4n) is 2.13. The van der Waals surface area contributed by atoms with Gasteiger partial charge in [-0.2, -0.15) is 0 Å². The number of thiophene rings is 1. The SMILES string of the molecule is C[C@@H](OC(=O)c1cc2ccccc2s1)C(=O)Nc1ccc(Cl)cc1. The Morgan fingerprint density at radius 1 is 1.12 bits per heavy atom. The summed E-state index contributed by atoms with van der Waals surface area (Å²) in [5, 5.41) is 4.24. The van der Waals surface area contributed by atoms with Crippen LogP contribution in [-0.2, 0) is 9.53 Å². The Hall–Kier alpha value is -2.37. The lowest BCUT2D eigenvalue weighted by atomic mass is 10.2. The zero-order chi connectivity index (χ0) is 17.1. The van der Waals surface area contributed by atoms with Crippen LogP contribution in [0.15, 0.2) is 54.6 Å². The third kappa shape index (κ3) is 3.75. The molecule has 6 heteroatoms. The molecule has 0 saturated heterocycles. The average molecular weight is 360 g/mol. The maximum atomic E-state index is 12.2. The lowest BCUT2D eigenvalue weighted by Gasteiger charge is -2.13. The highest BCUT2D eigenvalue weighted by atomic mass is 35.5. The molecule has 0 aliphatic carbocycles. The van der Waals surface area contributed by atoms with Gasteiger partial charge in [-0.15, -0.1) is 11.3 Å². The number of halogens is 1. The predicted octanol–water partition coefficient (Wildman–Crippen LogP) is 4.74. The highest BCUT2D eigenvalue weighted by molar-refractivity contribution is 7.20. The summed E-state index contributed by atoms with van der Waals surface area (Å²) in [7, 11) is 0. The van der Waals surface area contributed by atoms with Crippen molar-refractivity contribution in [3.8, 4) is 0 Å². The molecular formula is C18H14ClNO3S. The summed E-state index contributed by atoms with van der Waals surface area (Å²) in [5.74, 6) is -0.901. The summed E-state index contributed by atoms with van der Waals surface area (Å²) in [4.78, 5) is 24.8. The fraction of sp³-hybridized carbons (Fsp3) is 0.111. The number of amides is 1. The van der Waals surface area contributed by atoms with E-state index in [-0.39, 0.29) is 0 Å². The zero-order valence-electron chi connectivity index (χ0n) is 12.8. The number of esters is 1. The van der Waals surface area contributed by atoms with Gasteiger partial charge in [0.1, 0.15) is 4.88 Å². The van der Waals surface area contributed by atoms with Crippen molar-refractivity contribution in [2.75, 3.05) is 5.32 Å². The standard InChI is InChI=1S/C18H14ClNO3S/c1-11(17(21)20-14-8-6-13(19)7-9-14)23-18(22)16-10-12-4-2-3-5-15(12)24-16/h2-11H,1H3,(H,20,21)/t11-/m1/s1. The molecule has 0 aliphatic rings. The van der Waals surface area contributed by atoms with E-state index < -0.39 is 18.0 Å². The molecule has 1 aromatic heterocycles. The quantitative estimate of drug-likeness (QED) is 0.684. The van der Waals surface area contributed by atoms with E-state index in [1.807, 2.05) is 24.3 Å². The Balaban J connectivity index is 1.64. The number of rotatable bonds is 4. The Morgan fingerprint density at radius 2 is 1.83 bits per heavy atom. The van der Waals surface area contributed by atoms with Crippen LogP contribution >= 0.6 is 22.9 Å². The molecular weight excluding hydrogens is 346 g/mol. The Morgan fingerprint density at radius 3 is 2.54 bits per heavy atom. The molecule has 0 radical (unpaired) electrons. The molecule has 0 bridgehead atoms. The monoisotopic (exact) mass is 359 g/mol. The van der Waals surface area contributed by atoms with Crippen molar-refractivity contribution in [3.63, 3.8) is 0 Å². The van der Waals surface area contributed by atoms with Crippen molar-refractivity contribution >= 4 is 50.6 Å². The minimum absolute atomic E-state index is 0.396. The predicted molar refractivity (Wildman–Crippen MR) is 96.8 cm³/mol. The van der Waals surface area contributed by atoms with Gasteiger partial charge < -0.3 is 10.1 Å². The molecule has 3 rings (SSSR count). The highest BCUT2D eigenvalue weighted by Gasteiger charge is 2.20. The molecule has 0 saturated carbocycles. The molecule has 1 heterocycles. The van der Waals surface area contributed by atoms with Crippen molar-refractivity contribution in [3.05, 3.63) is 64.5 Å². The summed E-state index contributed by atoms with van der Waals surface area (Å²) < 4.78 is 6.26. The normalized spacial score (nSPS) is 11.9. The number of nitrogens with one attached hydrogen (secondary N) is 1.